The van der Waals surface area contributed by atoms with Gasteiger partial charge in [0.15, 0.2) is 0 Å². The average Bonchev–Trinajstić information content (AvgIpc) is 2.45. The highest BCUT2D eigenvalue weighted by Crippen LogP contribution is 2.33. The predicted octanol–water partition coefficient (Wildman–Crippen LogP) is 3.87. The molecule has 2 rings (SSSR count). The Hall–Kier alpha value is -1.52. The number of aromatic nitrogens is 1. The lowest BCUT2D eigenvalue weighted by atomic mass is 10.1. The highest BCUT2D eigenvalue weighted by molar-refractivity contribution is 6.33. The normalized spacial score (nSPS) is 10.8. The molecule has 1 aromatic heterocycles. The van der Waals surface area contributed by atoms with Crippen LogP contribution in [0.15, 0.2) is 18.2 Å². The Morgan fingerprint density at radius 3 is 2.70 bits per heavy atom. The Balaban J connectivity index is 2.57. The van der Waals surface area contributed by atoms with E-state index < -0.39 is 0 Å². The van der Waals surface area contributed by atoms with E-state index in [2.05, 4.69) is 17.2 Å². The van der Waals surface area contributed by atoms with Crippen LogP contribution in [-0.4, -0.2) is 25.7 Å². The first-order valence-corrected chi connectivity index (χ1v) is 6.97. The van der Waals surface area contributed by atoms with Crippen LogP contribution in [0.5, 0.6) is 5.75 Å². The van der Waals surface area contributed by atoms with Gasteiger partial charge in [0, 0.05) is 30.8 Å². The summed E-state index contributed by atoms with van der Waals surface area (Å²) in [6.45, 7) is 3.50. The van der Waals surface area contributed by atoms with E-state index in [1.54, 1.807) is 14.2 Å². The van der Waals surface area contributed by atoms with Crippen molar-refractivity contribution in [1.29, 1.82) is 0 Å². The van der Waals surface area contributed by atoms with Gasteiger partial charge in [-0.1, -0.05) is 18.5 Å². The Bertz CT molecular complexity index is 602. The number of nitrogens with zero attached hydrogens (tertiary/aromatic N) is 1. The van der Waals surface area contributed by atoms with Crippen LogP contribution in [0.2, 0.25) is 5.02 Å². The summed E-state index contributed by atoms with van der Waals surface area (Å²) in [6, 6.07) is 5.75. The van der Waals surface area contributed by atoms with Gasteiger partial charge in [0.25, 0.3) is 0 Å². The summed E-state index contributed by atoms with van der Waals surface area (Å²) in [5.74, 6) is 0.627. The monoisotopic (exact) mass is 294 g/mol. The maximum absolute atomic E-state index is 6.21. The Kier molecular flexibility index (Phi) is 5.04. The molecule has 0 spiro atoms. The SMILES string of the molecule is CCCNc1cc(COC)nc2cc(OC)c(Cl)cc12. The minimum atomic E-state index is 0.474. The zero-order valence-corrected chi connectivity index (χ0v) is 12.8. The second-order valence-corrected chi connectivity index (χ2v) is 4.93. The predicted molar refractivity (Wildman–Crippen MR) is 82.8 cm³/mol. The zero-order valence-electron chi connectivity index (χ0n) is 12.0. The first-order valence-electron chi connectivity index (χ1n) is 6.59. The van der Waals surface area contributed by atoms with Gasteiger partial charge in [0.1, 0.15) is 5.75 Å². The third-order valence-corrected chi connectivity index (χ3v) is 3.29. The van der Waals surface area contributed by atoms with E-state index in [1.165, 1.54) is 0 Å². The van der Waals surface area contributed by atoms with Gasteiger partial charge in [0.2, 0.25) is 0 Å². The summed E-state index contributed by atoms with van der Waals surface area (Å²) >= 11 is 6.21. The smallest absolute Gasteiger partial charge is 0.139 e. The standard InChI is InChI=1S/C15H19ClN2O2/c1-4-5-17-13-6-10(9-19-2)18-14-8-15(20-3)12(16)7-11(13)14/h6-8H,4-5,9H2,1-3H3,(H,17,18). The molecule has 1 aromatic carbocycles. The number of ether oxygens (including phenoxy) is 2. The third kappa shape index (κ3) is 3.14. The molecule has 5 heteroatoms. The molecule has 0 saturated heterocycles. The minimum Gasteiger partial charge on any atom is -0.495 e. The molecule has 0 atom stereocenters. The average molecular weight is 295 g/mol. The summed E-state index contributed by atoms with van der Waals surface area (Å²) in [4.78, 5) is 4.58. The molecule has 1 N–H and O–H groups in total. The molecule has 1 heterocycles. The van der Waals surface area contributed by atoms with Crippen molar-refractivity contribution in [2.75, 3.05) is 26.1 Å². The van der Waals surface area contributed by atoms with Crippen molar-refractivity contribution in [3.8, 4) is 5.75 Å². The van der Waals surface area contributed by atoms with Crippen LogP contribution in [0.4, 0.5) is 5.69 Å². The fourth-order valence-electron chi connectivity index (χ4n) is 2.07. The lowest BCUT2D eigenvalue weighted by molar-refractivity contribution is 0.182. The summed E-state index contributed by atoms with van der Waals surface area (Å²) in [5.41, 5.74) is 2.75. The Morgan fingerprint density at radius 1 is 1.25 bits per heavy atom. The number of hydrogen-bond acceptors (Lipinski definition) is 4. The van der Waals surface area contributed by atoms with Crippen molar-refractivity contribution in [1.82, 2.24) is 4.98 Å². The maximum atomic E-state index is 6.21. The van der Waals surface area contributed by atoms with Gasteiger partial charge < -0.3 is 14.8 Å². The molecule has 2 aromatic rings. The van der Waals surface area contributed by atoms with E-state index in [9.17, 15) is 0 Å². The van der Waals surface area contributed by atoms with E-state index in [0.29, 0.717) is 17.4 Å². The summed E-state index contributed by atoms with van der Waals surface area (Å²) in [5, 5.41) is 4.98. The van der Waals surface area contributed by atoms with E-state index in [4.69, 9.17) is 21.1 Å². The minimum absolute atomic E-state index is 0.474. The second-order valence-electron chi connectivity index (χ2n) is 4.52. The number of anilines is 1. The second kappa shape index (κ2) is 6.77. The van der Waals surface area contributed by atoms with Gasteiger partial charge in [0.05, 0.1) is 29.9 Å². The molecule has 0 radical (unpaired) electrons. The molecule has 0 saturated carbocycles. The molecule has 0 aliphatic carbocycles. The molecule has 108 valence electrons. The highest BCUT2D eigenvalue weighted by atomic mass is 35.5. The Morgan fingerprint density at radius 2 is 2.05 bits per heavy atom. The number of nitrogens with one attached hydrogen (secondary N) is 1. The molecule has 0 fully saturated rings. The van der Waals surface area contributed by atoms with Gasteiger partial charge in [-0.2, -0.15) is 0 Å². The largest absolute Gasteiger partial charge is 0.495 e. The number of benzene rings is 1. The van der Waals surface area contributed by atoms with Crippen LogP contribution in [-0.2, 0) is 11.3 Å². The fourth-order valence-corrected chi connectivity index (χ4v) is 2.31. The molecule has 0 unspecified atom stereocenters. The molecular weight excluding hydrogens is 276 g/mol. The van der Waals surface area contributed by atoms with E-state index >= 15 is 0 Å². The van der Waals surface area contributed by atoms with Crippen molar-refractivity contribution >= 4 is 28.2 Å². The number of halogens is 1. The zero-order chi connectivity index (χ0) is 14.5. The van der Waals surface area contributed by atoms with Gasteiger partial charge in [-0.3, -0.25) is 4.98 Å². The first-order chi connectivity index (χ1) is 9.69. The topological polar surface area (TPSA) is 43.4 Å². The van der Waals surface area contributed by atoms with Crippen LogP contribution in [0, 0.1) is 0 Å². The third-order valence-electron chi connectivity index (χ3n) is 2.99. The molecule has 0 amide bonds. The van der Waals surface area contributed by atoms with E-state index in [0.717, 1.165) is 35.2 Å². The van der Waals surface area contributed by atoms with Gasteiger partial charge in [-0.05, 0) is 18.6 Å². The first kappa shape index (κ1) is 14.9. The van der Waals surface area contributed by atoms with Crippen LogP contribution in [0.25, 0.3) is 10.9 Å². The molecule has 20 heavy (non-hydrogen) atoms. The van der Waals surface area contributed by atoms with Gasteiger partial charge in [-0.15, -0.1) is 0 Å². The molecule has 0 aliphatic heterocycles. The lowest BCUT2D eigenvalue weighted by Crippen LogP contribution is -2.03. The molecule has 0 bridgehead atoms. The van der Waals surface area contributed by atoms with Crippen molar-refractivity contribution < 1.29 is 9.47 Å². The summed E-state index contributed by atoms with van der Waals surface area (Å²) < 4.78 is 10.4. The number of fused-ring (bicyclic) bond motifs is 1. The van der Waals surface area contributed by atoms with Crippen molar-refractivity contribution in [3.63, 3.8) is 0 Å². The fraction of sp³-hybridized carbons (Fsp3) is 0.400. The summed E-state index contributed by atoms with van der Waals surface area (Å²) in [6.07, 6.45) is 1.05. The lowest BCUT2D eigenvalue weighted by Gasteiger charge is -2.13. The number of methoxy groups -OCH3 is 2. The van der Waals surface area contributed by atoms with E-state index in [1.807, 2.05) is 18.2 Å². The molecular formula is C15H19ClN2O2. The Labute approximate surface area is 124 Å². The van der Waals surface area contributed by atoms with Gasteiger partial charge in [-0.25, -0.2) is 0 Å². The van der Waals surface area contributed by atoms with Crippen LogP contribution in [0.1, 0.15) is 19.0 Å². The number of pyridine rings is 1. The van der Waals surface area contributed by atoms with Crippen LogP contribution >= 0.6 is 11.6 Å². The van der Waals surface area contributed by atoms with E-state index in [-0.39, 0.29) is 0 Å². The van der Waals surface area contributed by atoms with Crippen molar-refractivity contribution in [2.45, 2.75) is 20.0 Å². The number of hydrogen-bond donors (Lipinski definition) is 1. The molecule has 4 nitrogen and oxygen atoms in total. The van der Waals surface area contributed by atoms with Crippen LogP contribution < -0.4 is 10.1 Å². The van der Waals surface area contributed by atoms with Crippen molar-refractivity contribution in [2.24, 2.45) is 0 Å². The quantitative estimate of drug-likeness (QED) is 0.878. The highest BCUT2D eigenvalue weighted by Gasteiger charge is 2.10. The van der Waals surface area contributed by atoms with Crippen LogP contribution in [0.3, 0.4) is 0 Å². The summed E-state index contributed by atoms with van der Waals surface area (Å²) in [7, 11) is 3.26. The van der Waals surface area contributed by atoms with Crippen molar-refractivity contribution in [3.05, 3.63) is 28.9 Å². The number of rotatable bonds is 6. The van der Waals surface area contributed by atoms with Gasteiger partial charge >= 0.3 is 0 Å². The molecule has 0 aliphatic rings. The maximum Gasteiger partial charge on any atom is 0.139 e.